The molecule has 3 heterocycles. The lowest BCUT2D eigenvalue weighted by Crippen LogP contribution is -2.50. The molecule has 142 valence electrons. The number of fused-ring (bicyclic) bond motifs is 4. The van der Waals surface area contributed by atoms with Crippen molar-refractivity contribution >= 4 is 27.5 Å². The van der Waals surface area contributed by atoms with Crippen LogP contribution in [0.15, 0.2) is 45.3 Å². The third kappa shape index (κ3) is 2.20. The number of amides is 1. The van der Waals surface area contributed by atoms with Gasteiger partial charge >= 0.3 is 5.69 Å². The summed E-state index contributed by atoms with van der Waals surface area (Å²) in [5, 5.41) is 10.5. The predicted octanol–water partition coefficient (Wildman–Crippen LogP) is 0.567. The molecular formula is C18H14BrN5O4. The van der Waals surface area contributed by atoms with Gasteiger partial charge < -0.3 is 15.4 Å². The van der Waals surface area contributed by atoms with Crippen LogP contribution in [0.1, 0.15) is 17.5 Å². The van der Waals surface area contributed by atoms with Gasteiger partial charge in [0.15, 0.2) is 5.41 Å². The van der Waals surface area contributed by atoms with E-state index >= 15 is 0 Å². The molecule has 1 unspecified atom stereocenters. The standard InChI is InChI=1S/C18H14BrN5O4/c19-6-3-7-24-11-5-2-1-4-9(11)18(16(24)26)10(8-20)13(21)28-15-12(18)14(25)22-17(27)23-15/h1-2,4-5H,3,6-7,21H2,(H2,22,23,25,27). The zero-order chi connectivity index (χ0) is 20.1. The van der Waals surface area contributed by atoms with E-state index in [-0.39, 0.29) is 22.9 Å². The van der Waals surface area contributed by atoms with Crippen molar-refractivity contribution in [3.63, 3.8) is 0 Å². The molecule has 0 bridgehead atoms. The molecule has 1 atom stereocenters. The number of rotatable bonds is 3. The Bertz CT molecular complexity index is 1190. The number of halogens is 1. The van der Waals surface area contributed by atoms with E-state index in [2.05, 4.69) is 25.9 Å². The molecule has 1 aromatic carbocycles. The fraction of sp³-hybridized carbons (Fsp3) is 0.222. The molecule has 0 saturated carbocycles. The maximum absolute atomic E-state index is 13.7. The SMILES string of the molecule is N#CC1=C(N)Oc2[nH]c(=O)[nH]c(=O)c2C12C(=O)N(CCCBr)c1ccccc12. The average molecular weight is 444 g/mol. The molecule has 0 aliphatic carbocycles. The van der Waals surface area contributed by atoms with Gasteiger partial charge in [-0.2, -0.15) is 5.26 Å². The van der Waals surface area contributed by atoms with Crippen LogP contribution in [0.3, 0.4) is 0 Å². The Hall–Kier alpha value is -3.32. The smallest absolute Gasteiger partial charge is 0.328 e. The molecule has 1 spiro atoms. The van der Waals surface area contributed by atoms with E-state index in [1.165, 1.54) is 4.90 Å². The van der Waals surface area contributed by atoms with Crippen LogP contribution in [0.2, 0.25) is 0 Å². The van der Waals surface area contributed by atoms with Gasteiger partial charge in [0.2, 0.25) is 17.7 Å². The first kappa shape index (κ1) is 18.1. The Morgan fingerprint density at radius 2 is 2.00 bits per heavy atom. The highest BCUT2D eigenvalue weighted by molar-refractivity contribution is 9.09. The van der Waals surface area contributed by atoms with Crippen LogP contribution >= 0.6 is 15.9 Å². The number of para-hydroxylation sites is 1. The van der Waals surface area contributed by atoms with Crippen LogP contribution in [0.5, 0.6) is 5.88 Å². The Morgan fingerprint density at radius 1 is 1.25 bits per heavy atom. The molecule has 2 aliphatic rings. The molecule has 2 aliphatic heterocycles. The van der Waals surface area contributed by atoms with Crippen molar-refractivity contribution in [2.24, 2.45) is 5.73 Å². The largest absolute Gasteiger partial charge is 0.423 e. The molecule has 4 rings (SSSR count). The molecule has 2 aromatic rings. The van der Waals surface area contributed by atoms with Crippen molar-refractivity contribution in [2.45, 2.75) is 11.8 Å². The van der Waals surface area contributed by atoms with Gasteiger partial charge in [0.05, 0.1) is 0 Å². The number of ether oxygens (including phenoxy) is 1. The van der Waals surface area contributed by atoms with Gasteiger partial charge in [0.25, 0.3) is 5.56 Å². The second-order valence-corrected chi connectivity index (χ2v) is 7.12. The summed E-state index contributed by atoms with van der Waals surface area (Å²) in [4.78, 5) is 44.3. The van der Waals surface area contributed by atoms with Crippen molar-refractivity contribution in [3.8, 4) is 11.9 Å². The summed E-state index contributed by atoms with van der Waals surface area (Å²) in [6, 6.07) is 8.84. The summed E-state index contributed by atoms with van der Waals surface area (Å²) in [5.74, 6) is -1.06. The number of aromatic amines is 2. The number of nitrogens with zero attached hydrogens (tertiary/aromatic N) is 2. The number of nitriles is 1. The fourth-order valence-electron chi connectivity index (χ4n) is 3.87. The second-order valence-electron chi connectivity index (χ2n) is 6.33. The minimum Gasteiger partial charge on any atom is -0.423 e. The van der Waals surface area contributed by atoms with E-state index in [0.29, 0.717) is 29.5 Å². The van der Waals surface area contributed by atoms with Crippen LogP contribution in [-0.2, 0) is 10.2 Å². The van der Waals surface area contributed by atoms with Crippen molar-refractivity contribution in [1.29, 1.82) is 5.26 Å². The number of benzene rings is 1. The number of nitrogens with two attached hydrogens (primary N) is 1. The van der Waals surface area contributed by atoms with Crippen molar-refractivity contribution in [3.05, 3.63) is 67.7 Å². The van der Waals surface area contributed by atoms with Crippen molar-refractivity contribution in [1.82, 2.24) is 9.97 Å². The van der Waals surface area contributed by atoms with Crippen LogP contribution in [0, 0.1) is 11.3 Å². The summed E-state index contributed by atoms with van der Waals surface area (Å²) in [7, 11) is 0. The number of alkyl halides is 1. The average Bonchev–Trinajstić information content (AvgIpc) is 2.89. The molecule has 28 heavy (non-hydrogen) atoms. The molecule has 0 saturated heterocycles. The number of nitrogens with one attached hydrogen (secondary N) is 2. The van der Waals surface area contributed by atoms with Gasteiger partial charge in [-0.1, -0.05) is 34.1 Å². The fourth-order valence-corrected chi connectivity index (χ4v) is 4.12. The lowest BCUT2D eigenvalue weighted by atomic mass is 9.69. The van der Waals surface area contributed by atoms with Crippen LogP contribution in [0.25, 0.3) is 0 Å². The Kier molecular flexibility index (Phi) is 4.12. The molecule has 10 heteroatoms. The topological polar surface area (TPSA) is 145 Å². The van der Waals surface area contributed by atoms with Gasteiger partial charge in [-0.25, -0.2) is 4.79 Å². The molecule has 1 aromatic heterocycles. The van der Waals surface area contributed by atoms with Gasteiger partial charge in [-0.05, 0) is 12.5 Å². The lowest BCUT2D eigenvalue weighted by molar-refractivity contribution is -0.121. The van der Waals surface area contributed by atoms with Gasteiger partial charge in [0, 0.05) is 23.1 Å². The van der Waals surface area contributed by atoms with Crippen LogP contribution in [0.4, 0.5) is 5.69 Å². The molecule has 0 radical (unpaired) electrons. The molecule has 9 nitrogen and oxygen atoms in total. The maximum atomic E-state index is 13.7. The summed E-state index contributed by atoms with van der Waals surface area (Å²) >= 11 is 3.35. The highest BCUT2D eigenvalue weighted by Gasteiger charge is 2.60. The maximum Gasteiger partial charge on any atom is 0.328 e. The third-order valence-electron chi connectivity index (χ3n) is 4.91. The third-order valence-corrected chi connectivity index (χ3v) is 5.47. The van der Waals surface area contributed by atoms with E-state index in [9.17, 15) is 19.6 Å². The number of carbonyl (C=O) groups is 1. The molecule has 4 N–H and O–H groups in total. The minimum atomic E-state index is -1.78. The number of hydrogen-bond donors (Lipinski definition) is 3. The lowest BCUT2D eigenvalue weighted by Gasteiger charge is -2.32. The summed E-state index contributed by atoms with van der Waals surface area (Å²) < 4.78 is 5.34. The second kappa shape index (κ2) is 6.38. The Balaban J connectivity index is 2.14. The molecule has 0 fully saturated rings. The zero-order valence-electron chi connectivity index (χ0n) is 14.4. The monoisotopic (exact) mass is 443 g/mol. The zero-order valence-corrected chi connectivity index (χ0v) is 16.0. The summed E-state index contributed by atoms with van der Waals surface area (Å²) in [6.45, 7) is 0.374. The van der Waals surface area contributed by atoms with Crippen LogP contribution < -0.4 is 26.6 Å². The first-order chi connectivity index (χ1) is 13.5. The minimum absolute atomic E-state index is 0.156. The van der Waals surface area contributed by atoms with Gasteiger partial charge in [-0.15, -0.1) is 0 Å². The van der Waals surface area contributed by atoms with Crippen molar-refractivity contribution < 1.29 is 9.53 Å². The van der Waals surface area contributed by atoms with Crippen molar-refractivity contribution in [2.75, 3.05) is 16.8 Å². The predicted molar refractivity (Wildman–Crippen MR) is 103 cm³/mol. The first-order valence-corrected chi connectivity index (χ1v) is 9.51. The van der Waals surface area contributed by atoms with E-state index < -0.39 is 22.6 Å². The van der Waals surface area contributed by atoms with E-state index in [1.807, 2.05) is 6.07 Å². The van der Waals surface area contributed by atoms with Crippen LogP contribution in [-0.4, -0.2) is 27.7 Å². The van der Waals surface area contributed by atoms with Gasteiger partial charge in [-0.3, -0.25) is 19.6 Å². The Labute approximate surface area is 166 Å². The first-order valence-electron chi connectivity index (χ1n) is 8.39. The number of anilines is 1. The van der Waals surface area contributed by atoms with E-state index in [4.69, 9.17) is 10.5 Å². The number of H-pyrrole nitrogens is 2. The molecule has 1 amide bonds. The number of carbonyl (C=O) groups excluding carboxylic acids is 1. The van der Waals surface area contributed by atoms with E-state index in [0.717, 1.165) is 0 Å². The highest BCUT2D eigenvalue weighted by atomic mass is 79.9. The number of hydrogen-bond acceptors (Lipinski definition) is 6. The number of aromatic nitrogens is 2. The van der Waals surface area contributed by atoms with E-state index in [1.54, 1.807) is 24.3 Å². The summed E-state index contributed by atoms with van der Waals surface area (Å²) in [6.07, 6.45) is 0.655. The highest BCUT2D eigenvalue weighted by Crippen LogP contribution is 2.53. The Morgan fingerprint density at radius 3 is 2.71 bits per heavy atom. The quantitative estimate of drug-likeness (QED) is 0.591. The van der Waals surface area contributed by atoms with Gasteiger partial charge in [0.1, 0.15) is 17.2 Å². The molecular weight excluding hydrogens is 430 g/mol. The summed E-state index contributed by atoms with van der Waals surface area (Å²) in [5.41, 5.74) is 3.22. The normalized spacial score (nSPS) is 20.0.